The quantitative estimate of drug-likeness (QED) is 0.514. The summed E-state index contributed by atoms with van der Waals surface area (Å²) in [5, 5.41) is 0.435. The number of halogens is 1. The first-order valence-corrected chi connectivity index (χ1v) is 9.58. The van der Waals surface area contributed by atoms with E-state index in [4.69, 9.17) is 32.2 Å². The third-order valence-electron chi connectivity index (χ3n) is 4.22. The fraction of sp³-hybridized carbons (Fsp3) is 0.318. The van der Waals surface area contributed by atoms with Crippen LogP contribution in [0.1, 0.15) is 12.5 Å². The van der Waals surface area contributed by atoms with Crippen molar-refractivity contribution in [3.05, 3.63) is 47.0 Å². The average molecular weight is 399 g/mol. The summed E-state index contributed by atoms with van der Waals surface area (Å²) >= 11 is 6.34. The molecular weight excluding hydrogens is 376 g/mol. The molecule has 28 heavy (non-hydrogen) atoms. The van der Waals surface area contributed by atoms with Crippen LogP contribution < -0.4 is 14.4 Å². The first kappa shape index (κ1) is 20.1. The van der Waals surface area contributed by atoms with Gasteiger partial charge < -0.3 is 19.1 Å². The summed E-state index contributed by atoms with van der Waals surface area (Å²) in [5.74, 6) is 3.43. The number of hydrogen-bond acceptors (Lipinski definition) is 5. The maximum absolute atomic E-state index is 6.34. The zero-order valence-corrected chi connectivity index (χ0v) is 16.6. The number of ether oxygens (including phenoxy) is 3. The first-order chi connectivity index (χ1) is 13.7. The number of morpholine rings is 1. The number of rotatable bonds is 7. The molecule has 6 heteroatoms. The molecule has 0 spiro atoms. The van der Waals surface area contributed by atoms with E-state index in [0.717, 1.165) is 37.6 Å². The zero-order valence-electron chi connectivity index (χ0n) is 15.9. The SMILES string of the molecule is C#CCOc1c(Cl)cc(C=Nc2ccc(N3CCOCC3)cc2)cc1OCC. The number of aliphatic imine (C=N–C) groups is 1. The van der Waals surface area contributed by atoms with Gasteiger partial charge in [-0.2, -0.15) is 0 Å². The molecule has 0 unspecified atom stereocenters. The van der Waals surface area contributed by atoms with Gasteiger partial charge >= 0.3 is 0 Å². The van der Waals surface area contributed by atoms with Crippen LogP contribution in [0.5, 0.6) is 11.5 Å². The van der Waals surface area contributed by atoms with Crippen LogP contribution in [0.25, 0.3) is 0 Å². The zero-order chi connectivity index (χ0) is 19.8. The molecule has 2 aromatic rings. The third kappa shape index (κ3) is 5.19. The summed E-state index contributed by atoms with van der Waals surface area (Å²) in [6, 6.07) is 11.8. The molecule has 3 rings (SSSR count). The summed E-state index contributed by atoms with van der Waals surface area (Å²) < 4.78 is 16.5. The standard InChI is InChI=1S/C22H23ClN2O3/c1-3-11-28-22-20(23)14-17(15-21(22)27-4-2)16-24-18-5-7-19(8-6-18)25-9-12-26-13-10-25/h1,5-8,14-16H,4,9-13H2,2H3. The molecule has 1 heterocycles. The topological polar surface area (TPSA) is 43.3 Å². The fourth-order valence-corrected chi connectivity index (χ4v) is 3.17. The summed E-state index contributed by atoms with van der Waals surface area (Å²) in [7, 11) is 0. The number of hydrogen-bond donors (Lipinski definition) is 0. The van der Waals surface area contributed by atoms with Crippen LogP contribution in [-0.4, -0.2) is 45.7 Å². The number of benzene rings is 2. The minimum atomic E-state index is 0.128. The molecule has 1 fully saturated rings. The van der Waals surface area contributed by atoms with E-state index in [1.165, 1.54) is 5.69 Å². The van der Waals surface area contributed by atoms with E-state index >= 15 is 0 Å². The molecule has 0 aliphatic carbocycles. The normalized spacial score (nSPS) is 14.1. The Morgan fingerprint density at radius 1 is 1.21 bits per heavy atom. The highest BCUT2D eigenvalue weighted by atomic mass is 35.5. The maximum atomic E-state index is 6.34. The predicted octanol–water partition coefficient (Wildman–Crippen LogP) is 4.34. The van der Waals surface area contributed by atoms with Crippen LogP contribution in [0, 0.1) is 12.3 Å². The maximum Gasteiger partial charge on any atom is 0.181 e. The first-order valence-electron chi connectivity index (χ1n) is 9.20. The summed E-state index contributed by atoms with van der Waals surface area (Å²) in [6.07, 6.45) is 7.01. The molecule has 0 aromatic heterocycles. The Morgan fingerprint density at radius 3 is 2.64 bits per heavy atom. The van der Waals surface area contributed by atoms with Gasteiger partial charge in [-0.25, -0.2) is 0 Å². The molecule has 2 aromatic carbocycles. The summed E-state index contributed by atoms with van der Waals surface area (Å²) in [6.45, 7) is 5.88. The van der Waals surface area contributed by atoms with E-state index < -0.39 is 0 Å². The molecule has 1 saturated heterocycles. The van der Waals surface area contributed by atoms with Crippen molar-refractivity contribution >= 4 is 29.2 Å². The molecule has 1 aliphatic rings. The lowest BCUT2D eigenvalue weighted by molar-refractivity contribution is 0.122. The van der Waals surface area contributed by atoms with Crippen LogP contribution in [0.3, 0.4) is 0 Å². The minimum absolute atomic E-state index is 0.128. The Bertz CT molecular complexity index is 853. The van der Waals surface area contributed by atoms with E-state index in [1.54, 1.807) is 12.3 Å². The summed E-state index contributed by atoms with van der Waals surface area (Å²) in [5.41, 5.74) is 2.86. The van der Waals surface area contributed by atoms with Crippen molar-refractivity contribution in [3.8, 4) is 23.8 Å². The van der Waals surface area contributed by atoms with E-state index in [0.29, 0.717) is 23.1 Å². The Hall–Kier alpha value is -2.68. The molecule has 5 nitrogen and oxygen atoms in total. The number of nitrogens with zero attached hydrogens (tertiary/aromatic N) is 2. The van der Waals surface area contributed by atoms with Crippen LogP contribution in [-0.2, 0) is 4.74 Å². The second kappa shape index (κ2) is 10.0. The van der Waals surface area contributed by atoms with Gasteiger partial charge in [-0.05, 0) is 48.9 Å². The second-order valence-corrected chi connectivity index (χ2v) is 6.54. The third-order valence-corrected chi connectivity index (χ3v) is 4.50. The number of terminal acetylenes is 1. The molecule has 0 radical (unpaired) electrons. The molecule has 0 N–H and O–H groups in total. The van der Waals surface area contributed by atoms with Gasteiger partial charge in [-0.3, -0.25) is 4.99 Å². The van der Waals surface area contributed by atoms with Crippen molar-refractivity contribution < 1.29 is 14.2 Å². The van der Waals surface area contributed by atoms with Crippen molar-refractivity contribution in [2.24, 2.45) is 4.99 Å². The van der Waals surface area contributed by atoms with Gasteiger partial charge in [0.2, 0.25) is 0 Å². The van der Waals surface area contributed by atoms with Gasteiger partial charge in [-0.15, -0.1) is 6.42 Å². The van der Waals surface area contributed by atoms with Gasteiger partial charge in [-0.1, -0.05) is 17.5 Å². The van der Waals surface area contributed by atoms with Gasteiger partial charge in [0.25, 0.3) is 0 Å². The molecule has 0 bridgehead atoms. The molecular formula is C22H23ClN2O3. The average Bonchev–Trinajstić information content (AvgIpc) is 2.73. The van der Waals surface area contributed by atoms with Crippen molar-refractivity contribution in [1.29, 1.82) is 0 Å². The second-order valence-electron chi connectivity index (χ2n) is 6.13. The van der Waals surface area contributed by atoms with Crippen molar-refractivity contribution in [3.63, 3.8) is 0 Å². The summed E-state index contributed by atoms with van der Waals surface area (Å²) in [4.78, 5) is 6.85. The van der Waals surface area contributed by atoms with E-state index in [9.17, 15) is 0 Å². The molecule has 0 atom stereocenters. The van der Waals surface area contributed by atoms with Crippen LogP contribution in [0.4, 0.5) is 11.4 Å². The van der Waals surface area contributed by atoms with Gasteiger partial charge in [0.1, 0.15) is 6.61 Å². The Balaban J connectivity index is 1.75. The highest BCUT2D eigenvalue weighted by Gasteiger charge is 2.12. The minimum Gasteiger partial charge on any atom is -0.490 e. The van der Waals surface area contributed by atoms with Crippen LogP contribution in [0.2, 0.25) is 5.02 Å². The van der Waals surface area contributed by atoms with E-state index in [2.05, 4.69) is 27.9 Å². The van der Waals surface area contributed by atoms with E-state index in [1.807, 2.05) is 25.1 Å². The fourth-order valence-electron chi connectivity index (χ4n) is 2.90. The highest BCUT2D eigenvalue weighted by Crippen LogP contribution is 2.36. The lowest BCUT2D eigenvalue weighted by atomic mass is 10.2. The van der Waals surface area contributed by atoms with Crippen molar-refractivity contribution in [2.45, 2.75) is 6.92 Å². The predicted molar refractivity (Wildman–Crippen MR) is 114 cm³/mol. The van der Waals surface area contributed by atoms with Gasteiger partial charge in [0.05, 0.1) is 30.5 Å². The smallest absolute Gasteiger partial charge is 0.181 e. The van der Waals surface area contributed by atoms with Crippen molar-refractivity contribution in [2.75, 3.05) is 44.4 Å². The van der Waals surface area contributed by atoms with Gasteiger partial charge in [0, 0.05) is 25.0 Å². The highest BCUT2D eigenvalue weighted by molar-refractivity contribution is 6.32. The number of anilines is 1. The van der Waals surface area contributed by atoms with Crippen LogP contribution >= 0.6 is 11.6 Å². The Labute approximate surface area is 170 Å². The lowest BCUT2D eigenvalue weighted by Gasteiger charge is -2.28. The largest absolute Gasteiger partial charge is 0.490 e. The Morgan fingerprint density at radius 2 is 1.96 bits per heavy atom. The molecule has 0 amide bonds. The van der Waals surface area contributed by atoms with Gasteiger partial charge in [0.15, 0.2) is 11.5 Å². The lowest BCUT2D eigenvalue weighted by Crippen LogP contribution is -2.36. The van der Waals surface area contributed by atoms with Crippen LogP contribution in [0.15, 0.2) is 41.4 Å². The molecule has 146 valence electrons. The van der Waals surface area contributed by atoms with Crippen molar-refractivity contribution in [1.82, 2.24) is 0 Å². The van der Waals surface area contributed by atoms with E-state index in [-0.39, 0.29) is 6.61 Å². The molecule has 0 saturated carbocycles. The monoisotopic (exact) mass is 398 g/mol. The Kier molecular flexibility index (Phi) is 7.18. The molecule has 1 aliphatic heterocycles.